The van der Waals surface area contributed by atoms with Gasteiger partial charge < -0.3 is 10.4 Å². The highest BCUT2D eigenvalue weighted by Gasteiger charge is 2.18. The Labute approximate surface area is 134 Å². The SMILES string of the molecule is C=CC[C@H](N[C@H](CO)c1ccccc1)c1ccccc1Br. The van der Waals surface area contributed by atoms with Crippen molar-refractivity contribution in [3.8, 4) is 0 Å². The highest BCUT2D eigenvalue weighted by molar-refractivity contribution is 9.10. The Bertz CT molecular complexity index is 570. The molecule has 0 fully saturated rings. The molecule has 0 unspecified atom stereocenters. The van der Waals surface area contributed by atoms with Gasteiger partial charge >= 0.3 is 0 Å². The smallest absolute Gasteiger partial charge is 0.0626 e. The van der Waals surface area contributed by atoms with Crippen LogP contribution in [0.1, 0.15) is 29.6 Å². The van der Waals surface area contributed by atoms with E-state index in [2.05, 4.69) is 33.9 Å². The second-order valence-electron chi connectivity index (χ2n) is 4.91. The molecule has 3 heteroatoms. The molecular formula is C18H20BrNO. The highest BCUT2D eigenvalue weighted by Crippen LogP contribution is 2.28. The van der Waals surface area contributed by atoms with E-state index in [4.69, 9.17) is 0 Å². The lowest BCUT2D eigenvalue weighted by Gasteiger charge is -2.25. The molecule has 0 aromatic heterocycles. The first kappa shape index (κ1) is 16.0. The van der Waals surface area contributed by atoms with Crippen LogP contribution < -0.4 is 5.32 Å². The maximum Gasteiger partial charge on any atom is 0.0626 e. The van der Waals surface area contributed by atoms with Crippen molar-refractivity contribution in [3.05, 3.63) is 82.9 Å². The molecule has 0 saturated heterocycles. The van der Waals surface area contributed by atoms with Crippen LogP contribution in [-0.2, 0) is 0 Å². The highest BCUT2D eigenvalue weighted by atomic mass is 79.9. The van der Waals surface area contributed by atoms with Crippen molar-refractivity contribution in [3.63, 3.8) is 0 Å². The molecule has 21 heavy (non-hydrogen) atoms. The molecule has 2 N–H and O–H groups in total. The molecule has 0 amide bonds. The summed E-state index contributed by atoms with van der Waals surface area (Å²) in [6, 6.07) is 18.2. The summed E-state index contributed by atoms with van der Waals surface area (Å²) in [6.45, 7) is 3.90. The predicted octanol–water partition coefficient (Wildman–Crippen LogP) is 4.39. The molecule has 0 bridgehead atoms. The Morgan fingerprint density at radius 2 is 1.71 bits per heavy atom. The third kappa shape index (κ3) is 4.27. The monoisotopic (exact) mass is 345 g/mol. The van der Waals surface area contributed by atoms with Crippen molar-refractivity contribution in [2.75, 3.05) is 6.61 Å². The summed E-state index contributed by atoms with van der Waals surface area (Å²) in [5.74, 6) is 0. The molecule has 0 heterocycles. The van der Waals surface area contributed by atoms with Gasteiger partial charge in [-0.3, -0.25) is 0 Å². The average Bonchev–Trinajstić information content (AvgIpc) is 2.53. The first-order valence-corrected chi connectivity index (χ1v) is 7.82. The Morgan fingerprint density at radius 3 is 2.33 bits per heavy atom. The summed E-state index contributed by atoms with van der Waals surface area (Å²) in [4.78, 5) is 0. The van der Waals surface area contributed by atoms with Gasteiger partial charge in [-0.1, -0.05) is 70.5 Å². The molecule has 2 atom stereocenters. The lowest BCUT2D eigenvalue weighted by atomic mass is 10.0. The van der Waals surface area contributed by atoms with Crippen LogP contribution in [0.2, 0.25) is 0 Å². The van der Waals surface area contributed by atoms with E-state index in [1.807, 2.05) is 54.6 Å². The molecule has 2 rings (SSSR count). The van der Waals surface area contributed by atoms with Crippen LogP contribution >= 0.6 is 15.9 Å². The Morgan fingerprint density at radius 1 is 1.05 bits per heavy atom. The first-order valence-electron chi connectivity index (χ1n) is 7.03. The average molecular weight is 346 g/mol. The second kappa shape index (κ2) is 8.13. The van der Waals surface area contributed by atoms with E-state index in [0.29, 0.717) is 0 Å². The van der Waals surface area contributed by atoms with Gasteiger partial charge in [0, 0.05) is 10.5 Å². The normalized spacial score (nSPS) is 13.6. The molecule has 0 aliphatic carbocycles. The summed E-state index contributed by atoms with van der Waals surface area (Å²) < 4.78 is 1.06. The number of rotatable bonds is 7. The third-order valence-electron chi connectivity index (χ3n) is 3.47. The van der Waals surface area contributed by atoms with Crippen LogP contribution in [0.4, 0.5) is 0 Å². The molecule has 0 radical (unpaired) electrons. The fraction of sp³-hybridized carbons (Fsp3) is 0.222. The zero-order valence-corrected chi connectivity index (χ0v) is 13.5. The van der Waals surface area contributed by atoms with E-state index in [1.54, 1.807) is 0 Å². The lowest BCUT2D eigenvalue weighted by molar-refractivity contribution is 0.233. The van der Waals surface area contributed by atoms with Gasteiger partial charge in [-0.05, 0) is 23.6 Å². The van der Waals surface area contributed by atoms with Crippen LogP contribution in [0.25, 0.3) is 0 Å². The van der Waals surface area contributed by atoms with Crippen LogP contribution in [0.3, 0.4) is 0 Å². The van der Waals surface area contributed by atoms with Crippen LogP contribution in [0.15, 0.2) is 71.7 Å². The van der Waals surface area contributed by atoms with Crippen molar-refractivity contribution in [1.29, 1.82) is 0 Å². The third-order valence-corrected chi connectivity index (χ3v) is 4.19. The van der Waals surface area contributed by atoms with E-state index >= 15 is 0 Å². The van der Waals surface area contributed by atoms with E-state index in [-0.39, 0.29) is 18.7 Å². The number of hydrogen-bond donors (Lipinski definition) is 2. The van der Waals surface area contributed by atoms with E-state index in [0.717, 1.165) is 16.5 Å². The molecular weight excluding hydrogens is 326 g/mol. The quantitative estimate of drug-likeness (QED) is 0.729. The molecule has 0 spiro atoms. The van der Waals surface area contributed by atoms with Gasteiger partial charge in [-0.25, -0.2) is 0 Å². The number of hydrogen-bond acceptors (Lipinski definition) is 2. The zero-order valence-electron chi connectivity index (χ0n) is 11.9. The number of aliphatic hydroxyl groups is 1. The van der Waals surface area contributed by atoms with Gasteiger partial charge in [0.05, 0.1) is 12.6 Å². The largest absolute Gasteiger partial charge is 0.394 e. The standard InChI is InChI=1S/C18H20BrNO/c1-2-8-17(15-11-6-7-12-16(15)19)20-18(13-21)14-9-4-3-5-10-14/h2-7,9-12,17-18,20-21H,1,8,13H2/t17-,18+/m0/s1. The minimum atomic E-state index is -0.0942. The van der Waals surface area contributed by atoms with Crippen LogP contribution in [0.5, 0.6) is 0 Å². The lowest BCUT2D eigenvalue weighted by Crippen LogP contribution is -2.29. The van der Waals surface area contributed by atoms with Gasteiger partial charge in [-0.15, -0.1) is 6.58 Å². The van der Waals surface area contributed by atoms with Crippen molar-refractivity contribution in [1.82, 2.24) is 5.32 Å². The van der Waals surface area contributed by atoms with Crippen LogP contribution in [-0.4, -0.2) is 11.7 Å². The fourth-order valence-corrected chi connectivity index (χ4v) is 2.95. The summed E-state index contributed by atoms with van der Waals surface area (Å²) in [5.41, 5.74) is 2.26. The van der Waals surface area contributed by atoms with Gasteiger partial charge in [0.2, 0.25) is 0 Å². The summed E-state index contributed by atoms with van der Waals surface area (Å²) >= 11 is 3.60. The topological polar surface area (TPSA) is 32.3 Å². The molecule has 2 nitrogen and oxygen atoms in total. The van der Waals surface area contributed by atoms with Gasteiger partial charge in [-0.2, -0.15) is 0 Å². The van der Waals surface area contributed by atoms with Gasteiger partial charge in [0.25, 0.3) is 0 Å². The van der Waals surface area contributed by atoms with Crippen molar-refractivity contribution in [2.45, 2.75) is 18.5 Å². The van der Waals surface area contributed by atoms with Crippen LogP contribution in [0, 0.1) is 0 Å². The number of halogens is 1. The summed E-state index contributed by atoms with van der Waals surface area (Å²) in [7, 11) is 0. The number of benzene rings is 2. The Balaban J connectivity index is 2.23. The maximum atomic E-state index is 9.71. The Kier molecular flexibility index (Phi) is 6.18. The molecule has 110 valence electrons. The minimum Gasteiger partial charge on any atom is -0.394 e. The molecule has 0 aliphatic rings. The van der Waals surface area contributed by atoms with E-state index in [9.17, 15) is 5.11 Å². The Hall–Kier alpha value is -1.42. The first-order chi connectivity index (χ1) is 10.3. The number of aliphatic hydroxyl groups excluding tert-OH is 1. The summed E-state index contributed by atoms with van der Waals surface area (Å²) in [5, 5.41) is 13.2. The van der Waals surface area contributed by atoms with Crippen molar-refractivity contribution >= 4 is 15.9 Å². The number of nitrogens with one attached hydrogen (secondary N) is 1. The molecule has 2 aromatic rings. The fourth-order valence-electron chi connectivity index (χ4n) is 2.39. The van der Waals surface area contributed by atoms with E-state index < -0.39 is 0 Å². The minimum absolute atomic E-state index is 0.0576. The summed E-state index contributed by atoms with van der Waals surface area (Å²) in [6.07, 6.45) is 2.70. The van der Waals surface area contributed by atoms with E-state index in [1.165, 1.54) is 5.56 Å². The maximum absolute atomic E-state index is 9.71. The molecule has 0 aliphatic heterocycles. The van der Waals surface area contributed by atoms with Crippen molar-refractivity contribution in [2.24, 2.45) is 0 Å². The van der Waals surface area contributed by atoms with Crippen molar-refractivity contribution < 1.29 is 5.11 Å². The zero-order chi connectivity index (χ0) is 15.1. The molecule has 0 saturated carbocycles. The predicted molar refractivity (Wildman–Crippen MR) is 91.1 cm³/mol. The van der Waals surface area contributed by atoms with Gasteiger partial charge in [0.15, 0.2) is 0 Å². The van der Waals surface area contributed by atoms with Gasteiger partial charge in [0.1, 0.15) is 0 Å². The molecule has 2 aromatic carbocycles. The second-order valence-corrected chi connectivity index (χ2v) is 5.77.